The molecular weight excluding hydrogens is 579 g/mol. The Bertz CT molecular complexity index is 1890. The number of furan rings is 2. The number of hydrogen-bond donors (Lipinski definition) is 1. The highest BCUT2D eigenvalue weighted by Gasteiger charge is 2.31. The summed E-state index contributed by atoms with van der Waals surface area (Å²) in [5.74, 6) is 1.05. The van der Waals surface area contributed by atoms with Crippen LogP contribution in [-0.2, 0) is 35.2 Å². The Morgan fingerprint density at radius 2 is 1.53 bits per heavy atom. The van der Waals surface area contributed by atoms with E-state index < -0.39 is 11.9 Å². The largest absolute Gasteiger partial charge is 0.460 e. The number of halogens is 1. The molecule has 1 atom stereocenters. The molecule has 5 aromatic rings. The van der Waals surface area contributed by atoms with Gasteiger partial charge in [-0.3, -0.25) is 9.78 Å². The van der Waals surface area contributed by atoms with Crippen LogP contribution in [0.3, 0.4) is 0 Å². The highest BCUT2D eigenvalue weighted by molar-refractivity contribution is 5.92. The van der Waals surface area contributed by atoms with Crippen LogP contribution in [0.4, 0.5) is 4.39 Å². The molecule has 0 spiro atoms. The van der Waals surface area contributed by atoms with Gasteiger partial charge < -0.3 is 18.3 Å². The Morgan fingerprint density at radius 3 is 2.18 bits per heavy atom. The zero-order valence-corrected chi connectivity index (χ0v) is 26.0. The van der Waals surface area contributed by atoms with Gasteiger partial charge in [0.1, 0.15) is 17.3 Å². The number of rotatable bonds is 6. The van der Waals surface area contributed by atoms with Gasteiger partial charge in [0.2, 0.25) is 11.5 Å². The van der Waals surface area contributed by atoms with Crippen LogP contribution in [0.25, 0.3) is 22.5 Å². The lowest BCUT2D eigenvalue weighted by Gasteiger charge is -2.13. The van der Waals surface area contributed by atoms with Crippen molar-refractivity contribution in [3.63, 3.8) is 0 Å². The molecule has 1 N–H and O–H groups in total. The molecule has 7 rings (SSSR count). The number of nitrogens with zero attached hydrogens (tertiary/aromatic N) is 3. The minimum atomic E-state index is -0.454. The first-order chi connectivity index (χ1) is 21.7. The summed E-state index contributed by atoms with van der Waals surface area (Å²) in [4.78, 5) is 23.9. The number of fused-ring (bicyclic) bond motifs is 6. The summed E-state index contributed by atoms with van der Waals surface area (Å²) in [5.41, 5.74) is 8.00. The molecule has 2 aliphatic rings. The van der Waals surface area contributed by atoms with Gasteiger partial charge in [-0.25, -0.2) is 14.0 Å². The number of aryl methyl sites for hydroxylation is 4. The average Bonchev–Trinajstić information content (AvgIpc) is 3.81. The topological polar surface area (TPSA) is 125 Å². The fourth-order valence-corrected chi connectivity index (χ4v) is 6.11. The van der Waals surface area contributed by atoms with E-state index in [2.05, 4.69) is 10.2 Å². The molecule has 11 heteroatoms. The monoisotopic (exact) mass is 614 g/mol. The minimum absolute atomic E-state index is 0.239. The van der Waals surface area contributed by atoms with E-state index in [1.165, 1.54) is 11.6 Å². The number of carbonyl (C=O) groups excluding carboxylic acids is 2. The molecule has 0 unspecified atom stereocenters. The molecule has 0 fully saturated rings. The first-order valence-corrected chi connectivity index (χ1v) is 15.2. The Hall–Kier alpha value is -4.93. The Labute approximate surface area is 259 Å². The van der Waals surface area contributed by atoms with Crippen LogP contribution in [-0.4, -0.2) is 45.1 Å². The summed E-state index contributed by atoms with van der Waals surface area (Å²) in [6, 6.07) is 6.49. The molecule has 0 amide bonds. The van der Waals surface area contributed by atoms with Crippen LogP contribution in [0.1, 0.15) is 87.3 Å². The third-order valence-corrected chi connectivity index (χ3v) is 8.37. The van der Waals surface area contributed by atoms with E-state index in [0.717, 1.165) is 70.0 Å². The third-order valence-electron chi connectivity index (χ3n) is 8.37. The highest BCUT2D eigenvalue weighted by Crippen LogP contribution is 2.40. The van der Waals surface area contributed by atoms with Gasteiger partial charge in [-0.1, -0.05) is 18.2 Å². The predicted molar refractivity (Wildman–Crippen MR) is 163 cm³/mol. The van der Waals surface area contributed by atoms with E-state index in [-0.39, 0.29) is 17.6 Å². The maximum Gasteiger partial charge on any atom is 0.374 e. The van der Waals surface area contributed by atoms with Crippen molar-refractivity contribution in [2.24, 2.45) is 0 Å². The summed E-state index contributed by atoms with van der Waals surface area (Å²) in [6.45, 7) is 9.84. The van der Waals surface area contributed by atoms with E-state index in [9.17, 15) is 14.0 Å². The van der Waals surface area contributed by atoms with Gasteiger partial charge in [-0.2, -0.15) is 10.2 Å². The minimum Gasteiger partial charge on any atom is -0.460 e. The molecule has 0 bridgehead atoms. The van der Waals surface area contributed by atoms with Gasteiger partial charge in [0, 0.05) is 46.9 Å². The highest BCUT2D eigenvalue weighted by atomic mass is 19.1. The van der Waals surface area contributed by atoms with Crippen molar-refractivity contribution in [1.29, 1.82) is 0 Å². The fraction of sp³-hybridized carbons (Fsp3) is 0.353. The predicted octanol–water partition coefficient (Wildman–Crippen LogP) is 6.73. The Morgan fingerprint density at radius 1 is 0.933 bits per heavy atom. The molecule has 0 radical (unpaired) electrons. The summed E-state index contributed by atoms with van der Waals surface area (Å²) in [7, 11) is 0. The normalized spacial score (nSPS) is 13.5. The lowest BCUT2D eigenvalue weighted by atomic mass is 9.94. The van der Waals surface area contributed by atoms with Crippen molar-refractivity contribution in [3.05, 3.63) is 93.3 Å². The van der Waals surface area contributed by atoms with Crippen molar-refractivity contribution < 1.29 is 32.3 Å². The van der Waals surface area contributed by atoms with E-state index in [0.29, 0.717) is 31.0 Å². The number of hydrogen-bond acceptors (Lipinski definition) is 8. The first kappa shape index (κ1) is 30.1. The maximum absolute atomic E-state index is 14.2. The van der Waals surface area contributed by atoms with Crippen molar-refractivity contribution in [2.45, 2.75) is 66.3 Å². The number of carbonyl (C=O) groups is 2. The molecule has 4 heterocycles. The molecule has 10 nitrogen and oxygen atoms in total. The number of nitrogens with one attached hydrogen (secondary N) is 1. The van der Waals surface area contributed by atoms with Gasteiger partial charge in [0.15, 0.2) is 0 Å². The number of ether oxygens (including phenoxy) is 2. The summed E-state index contributed by atoms with van der Waals surface area (Å²) in [5, 5.41) is 11.8. The van der Waals surface area contributed by atoms with Crippen LogP contribution in [0.2, 0.25) is 0 Å². The molecule has 4 aromatic heterocycles. The summed E-state index contributed by atoms with van der Waals surface area (Å²) >= 11 is 0. The molecule has 45 heavy (non-hydrogen) atoms. The van der Waals surface area contributed by atoms with E-state index in [1.807, 2.05) is 39.2 Å². The van der Waals surface area contributed by atoms with Crippen LogP contribution in [0.15, 0.2) is 45.5 Å². The second-order valence-electron chi connectivity index (χ2n) is 11.1. The number of aromatic amines is 1. The lowest BCUT2D eigenvalue weighted by molar-refractivity contribution is 0.0478. The smallest absolute Gasteiger partial charge is 0.374 e. The van der Waals surface area contributed by atoms with Gasteiger partial charge >= 0.3 is 11.9 Å². The van der Waals surface area contributed by atoms with Crippen LogP contribution in [0, 0.1) is 19.7 Å². The number of H-pyrrole nitrogens is 1. The first-order valence-electron chi connectivity index (χ1n) is 15.2. The second-order valence-corrected chi connectivity index (χ2v) is 11.1. The van der Waals surface area contributed by atoms with Gasteiger partial charge in [-0.05, 0) is 64.7 Å². The maximum atomic E-state index is 14.2. The molecule has 0 saturated heterocycles. The fourth-order valence-electron chi connectivity index (χ4n) is 6.11. The molecule has 2 aliphatic carbocycles. The molecule has 0 saturated carbocycles. The number of esters is 2. The standard InChI is InChI=1S/C21H21FN2O3.C13H14N2O3/c1-4-26-21(25)20-12(2)18-17(27-20)10-9-14-11-24(23-19(14)18)13(3)15-7-5-6-8-16(15)22;1-3-17-13(16)12-7(2)10-9(18-12)5-4-8-6-14-15-11(8)10/h5-8,11,13H,4,9-10H2,1-3H3;6H,3-5H2,1-2H3,(H,14,15)/t13-;/m1./s1. The zero-order valence-electron chi connectivity index (χ0n) is 26.0. The van der Waals surface area contributed by atoms with E-state index >= 15 is 0 Å². The molecule has 234 valence electrons. The Balaban J connectivity index is 0.000000172. The third kappa shape index (κ3) is 5.36. The van der Waals surface area contributed by atoms with Crippen LogP contribution in [0.5, 0.6) is 0 Å². The van der Waals surface area contributed by atoms with Gasteiger partial charge in [0.05, 0.1) is 36.8 Å². The van der Waals surface area contributed by atoms with E-state index in [4.69, 9.17) is 23.4 Å². The zero-order chi connectivity index (χ0) is 31.8. The van der Waals surface area contributed by atoms with Gasteiger partial charge in [-0.15, -0.1) is 0 Å². The average molecular weight is 615 g/mol. The van der Waals surface area contributed by atoms with E-state index in [1.54, 1.807) is 30.7 Å². The molecule has 0 aliphatic heterocycles. The quantitative estimate of drug-likeness (QED) is 0.209. The van der Waals surface area contributed by atoms with Crippen LogP contribution >= 0.6 is 0 Å². The SMILES string of the molecule is CCOC(=O)c1oc2c(c1C)-c1[nH]ncc1CC2.CCOC(=O)c1oc2c(c1C)-c1nn([C@H](C)c3ccccc3F)cc1CC2. The second kappa shape index (κ2) is 12.2. The van der Waals surface area contributed by atoms with Crippen LogP contribution < -0.4 is 0 Å². The Kier molecular flexibility index (Phi) is 8.18. The molecule has 1 aromatic carbocycles. The van der Waals surface area contributed by atoms with Crippen molar-refractivity contribution in [2.75, 3.05) is 13.2 Å². The number of benzene rings is 1. The lowest BCUT2D eigenvalue weighted by Crippen LogP contribution is -2.09. The summed E-state index contributed by atoms with van der Waals surface area (Å²) in [6.07, 6.45) is 6.93. The number of aromatic nitrogens is 4. The van der Waals surface area contributed by atoms with Crippen molar-refractivity contribution >= 4 is 11.9 Å². The van der Waals surface area contributed by atoms with Gasteiger partial charge in [0.25, 0.3) is 0 Å². The molecular formula is C34H35FN4O6. The summed E-state index contributed by atoms with van der Waals surface area (Å²) < 4.78 is 37.5. The van der Waals surface area contributed by atoms with Crippen molar-refractivity contribution in [3.8, 4) is 22.5 Å². The van der Waals surface area contributed by atoms with Crippen molar-refractivity contribution in [1.82, 2.24) is 20.0 Å².